The largest absolute Gasteiger partial charge is 0.391 e. The van der Waals surface area contributed by atoms with Gasteiger partial charge in [0, 0.05) is 18.0 Å². The number of carbonyl (C=O) groups excluding carboxylic acids is 1. The molecule has 4 heteroatoms. The Hall–Kier alpha value is -0.870. The number of likely N-dealkylation sites (tertiary alicyclic amines) is 1. The second-order valence-electron chi connectivity index (χ2n) is 5.60. The molecular formula is C14H19NO2S. The third kappa shape index (κ3) is 2.19. The molecule has 0 bridgehead atoms. The van der Waals surface area contributed by atoms with E-state index in [2.05, 4.69) is 13.0 Å². The molecule has 1 fully saturated rings. The molecule has 1 N–H and O–H groups in total. The zero-order chi connectivity index (χ0) is 12.7. The summed E-state index contributed by atoms with van der Waals surface area (Å²) >= 11 is 1.66. The number of rotatable bonds is 1. The maximum Gasteiger partial charge on any atom is 0.264 e. The summed E-state index contributed by atoms with van der Waals surface area (Å²) in [6.07, 6.45) is 3.86. The normalized spacial score (nSPS) is 27.3. The number of hydrogen-bond donors (Lipinski definition) is 1. The van der Waals surface area contributed by atoms with Gasteiger partial charge in [-0.15, -0.1) is 11.3 Å². The first-order valence-electron chi connectivity index (χ1n) is 6.72. The van der Waals surface area contributed by atoms with Crippen molar-refractivity contribution in [3.8, 4) is 0 Å². The zero-order valence-electron chi connectivity index (χ0n) is 10.7. The summed E-state index contributed by atoms with van der Waals surface area (Å²) in [5, 5.41) is 9.50. The van der Waals surface area contributed by atoms with Gasteiger partial charge in [0.2, 0.25) is 0 Å². The summed E-state index contributed by atoms with van der Waals surface area (Å²) in [6, 6.07) is 2.09. The molecule has 3 nitrogen and oxygen atoms in total. The van der Waals surface area contributed by atoms with Crippen LogP contribution in [0.15, 0.2) is 6.07 Å². The molecule has 1 aliphatic heterocycles. The van der Waals surface area contributed by atoms with E-state index in [0.29, 0.717) is 19.5 Å². The van der Waals surface area contributed by atoms with Crippen LogP contribution < -0.4 is 0 Å². The second-order valence-corrected chi connectivity index (χ2v) is 6.74. The van der Waals surface area contributed by atoms with Gasteiger partial charge in [0.15, 0.2) is 0 Å². The molecule has 3 rings (SSSR count). The van der Waals surface area contributed by atoms with Crippen LogP contribution in [0.2, 0.25) is 0 Å². The van der Waals surface area contributed by atoms with Gasteiger partial charge in [-0.1, -0.05) is 6.92 Å². The molecule has 2 heterocycles. The van der Waals surface area contributed by atoms with E-state index < -0.39 is 0 Å². The van der Waals surface area contributed by atoms with Crippen molar-refractivity contribution in [1.29, 1.82) is 0 Å². The Morgan fingerprint density at radius 2 is 2.33 bits per heavy atom. The summed E-state index contributed by atoms with van der Waals surface area (Å²) in [4.78, 5) is 16.4. The molecule has 2 aliphatic rings. The summed E-state index contributed by atoms with van der Waals surface area (Å²) in [7, 11) is 0. The first-order chi connectivity index (χ1) is 8.63. The van der Waals surface area contributed by atoms with Crippen molar-refractivity contribution >= 4 is 17.2 Å². The van der Waals surface area contributed by atoms with Crippen LogP contribution in [0.3, 0.4) is 0 Å². The summed E-state index contributed by atoms with van der Waals surface area (Å²) in [6.45, 7) is 3.47. The third-order valence-corrected chi connectivity index (χ3v) is 5.22. The summed E-state index contributed by atoms with van der Waals surface area (Å²) in [5.74, 6) is 0.849. The Bertz CT molecular complexity index is 468. The number of fused-ring (bicyclic) bond motifs is 1. The molecule has 18 heavy (non-hydrogen) atoms. The number of aliphatic hydroxyl groups excluding tert-OH is 1. The first kappa shape index (κ1) is 12.2. The number of hydrogen-bond acceptors (Lipinski definition) is 3. The summed E-state index contributed by atoms with van der Waals surface area (Å²) < 4.78 is 0. The van der Waals surface area contributed by atoms with Crippen molar-refractivity contribution < 1.29 is 9.90 Å². The smallest absolute Gasteiger partial charge is 0.264 e. The van der Waals surface area contributed by atoms with Crippen LogP contribution in [-0.2, 0) is 12.8 Å². The molecule has 0 aromatic carbocycles. The van der Waals surface area contributed by atoms with E-state index in [1.165, 1.54) is 16.9 Å². The minimum absolute atomic E-state index is 0.110. The van der Waals surface area contributed by atoms with Gasteiger partial charge < -0.3 is 10.0 Å². The van der Waals surface area contributed by atoms with Crippen molar-refractivity contribution in [3.05, 3.63) is 21.4 Å². The predicted octanol–water partition coefficient (Wildman–Crippen LogP) is 2.08. The van der Waals surface area contributed by atoms with E-state index in [-0.39, 0.29) is 12.0 Å². The highest BCUT2D eigenvalue weighted by Gasteiger charge is 2.28. The average molecular weight is 265 g/mol. The van der Waals surface area contributed by atoms with Gasteiger partial charge in [0.1, 0.15) is 0 Å². The number of aryl methyl sites for hydroxylation is 1. The molecule has 1 aromatic heterocycles. The molecule has 1 amide bonds. The Kier molecular flexibility index (Phi) is 3.16. The van der Waals surface area contributed by atoms with Crippen LogP contribution in [0.25, 0.3) is 0 Å². The number of aliphatic hydroxyl groups is 1. The van der Waals surface area contributed by atoms with Crippen molar-refractivity contribution in [3.63, 3.8) is 0 Å². The molecular weight excluding hydrogens is 246 g/mol. The molecule has 0 saturated carbocycles. The lowest BCUT2D eigenvalue weighted by Crippen LogP contribution is -2.28. The van der Waals surface area contributed by atoms with Gasteiger partial charge in [-0.3, -0.25) is 4.79 Å². The highest BCUT2D eigenvalue weighted by molar-refractivity contribution is 7.14. The highest BCUT2D eigenvalue weighted by Crippen LogP contribution is 2.33. The zero-order valence-corrected chi connectivity index (χ0v) is 11.5. The van der Waals surface area contributed by atoms with Crippen molar-refractivity contribution in [2.75, 3.05) is 13.1 Å². The Morgan fingerprint density at radius 1 is 1.50 bits per heavy atom. The number of amides is 1. The quantitative estimate of drug-likeness (QED) is 0.844. The van der Waals surface area contributed by atoms with Crippen molar-refractivity contribution in [1.82, 2.24) is 4.90 Å². The van der Waals surface area contributed by atoms with Gasteiger partial charge in [-0.05, 0) is 43.2 Å². The van der Waals surface area contributed by atoms with Crippen LogP contribution in [0.5, 0.6) is 0 Å². The van der Waals surface area contributed by atoms with E-state index in [9.17, 15) is 9.90 Å². The monoisotopic (exact) mass is 265 g/mol. The van der Waals surface area contributed by atoms with Crippen LogP contribution in [-0.4, -0.2) is 35.1 Å². The van der Waals surface area contributed by atoms with Gasteiger partial charge in [-0.25, -0.2) is 0 Å². The molecule has 98 valence electrons. The number of carbonyl (C=O) groups is 1. The van der Waals surface area contributed by atoms with E-state index in [1.807, 2.05) is 0 Å². The maximum absolute atomic E-state index is 12.3. The van der Waals surface area contributed by atoms with Crippen LogP contribution in [0.4, 0.5) is 0 Å². The Morgan fingerprint density at radius 3 is 3.06 bits per heavy atom. The van der Waals surface area contributed by atoms with Gasteiger partial charge in [-0.2, -0.15) is 0 Å². The Labute approximate surface area is 111 Å². The van der Waals surface area contributed by atoms with E-state index >= 15 is 0 Å². The molecule has 1 aromatic rings. The molecule has 1 saturated heterocycles. The van der Waals surface area contributed by atoms with Gasteiger partial charge in [0.05, 0.1) is 11.0 Å². The SMILES string of the molecule is CC1CCc2sc(C(=O)N3CC[C@H](O)C3)cc2C1. The van der Waals surface area contributed by atoms with E-state index in [4.69, 9.17) is 0 Å². The molecule has 0 spiro atoms. The van der Waals surface area contributed by atoms with E-state index in [0.717, 1.165) is 23.6 Å². The molecule has 0 radical (unpaired) electrons. The second kappa shape index (κ2) is 4.67. The van der Waals surface area contributed by atoms with E-state index in [1.54, 1.807) is 16.2 Å². The predicted molar refractivity (Wildman–Crippen MR) is 72.0 cm³/mol. The lowest BCUT2D eigenvalue weighted by Gasteiger charge is -2.16. The molecule has 1 aliphatic carbocycles. The average Bonchev–Trinajstić information content (AvgIpc) is 2.93. The molecule has 2 atom stereocenters. The van der Waals surface area contributed by atoms with Crippen LogP contribution >= 0.6 is 11.3 Å². The minimum Gasteiger partial charge on any atom is -0.391 e. The number of thiophene rings is 1. The highest BCUT2D eigenvalue weighted by atomic mass is 32.1. The van der Waals surface area contributed by atoms with Crippen molar-refractivity contribution in [2.24, 2.45) is 5.92 Å². The van der Waals surface area contributed by atoms with Crippen LogP contribution in [0.1, 0.15) is 39.9 Å². The van der Waals surface area contributed by atoms with Crippen LogP contribution in [0, 0.1) is 5.92 Å². The first-order valence-corrected chi connectivity index (χ1v) is 7.54. The number of nitrogens with zero attached hydrogens (tertiary/aromatic N) is 1. The van der Waals surface area contributed by atoms with Crippen molar-refractivity contribution in [2.45, 2.75) is 38.7 Å². The fraction of sp³-hybridized carbons (Fsp3) is 0.643. The Balaban J connectivity index is 1.79. The fourth-order valence-corrected chi connectivity index (χ4v) is 4.07. The fourth-order valence-electron chi connectivity index (χ4n) is 2.89. The topological polar surface area (TPSA) is 40.5 Å². The lowest BCUT2D eigenvalue weighted by molar-refractivity contribution is 0.0769. The minimum atomic E-state index is -0.330. The molecule has 1 unspecified atom stereocenters. The summed E-state index contributed by atoms with van der Waals surface area (Å²) in [5.41, 5.74) is 1.38. The standard InChI is InChI=1S/C14H19NO2S/c1-9-2-3-12-10(6-9)7-13(18-12)14(17)15-5-4-11(16)8-15/h7,9,11,16H,2-6,8H2,1H3/t9?,11-/m0/s1. The third-order valence-electron chi connectivity index (χ3n) is 3.99. The maximum atomic E-state index is 12.3. The van der Waals surface area contributed by atoms with Gasteiger partial charge >= 0.3 is 0 Å². The van der Waals surface area contributed by atoms with Gasteiger partial charge in [0.25, 0.3) is 5.91 Å². The number of β-amino-alcohol motifs (C(OH)–C–C–N with tert-alkyl or cyclic N) is 1. The lowest BCUT2D eigenvalue weighted by atomic mass is 9.90.